The van der Waals surface area contributed by atoms with E-state index in [2.05, 4.69) is 29.9 Å². The van der Waals surface area contributed by atoms with Crippen molar-refractivity contribution in [3.63, 3.8) is 0 Å². The van der Waals surface area contributed by atoms with Crippen LogP contribution in [0.5, 0.6) is 0 Å². The lowest BCUT2D eigenvalue weighted by molar-refractivity contribution is 0.626. The maximum Gasteiger partial charge on any atom is 0.255 e. The summed E-state index contributed by atoms with van der Waals surface area (Å²) in [5, 5.41) is 4.69. The molecule has 10 heteroatoms. The molecular formula is C20H16Cl2FN7. The normalized spacial score (nSPS) is 14.5. The summed E-state index contributed by atoms with van der Waals surface area (Å²) in [6.07, 6.45) is 3.18. The van der Waals surface area contributed by atoms with Crippen LogP contribution < -0.4 is 9.80 Å². The fourth-order valence-corrected chi connectivity index (χ4v) is 4.25. The minimum Gasteiger partial charge on any atom is -0.353 e. The van der Waals surface area contributed by atoms with E-state index in [1.54, 1.807) is 22.8 Å². The number of halogens is 3. The molecule has 3 aromatic heterocycles. The summed E-state index contributed by atoms with van der Waals surface area (Å²) >= 11 is 12.9. The Labute approximate surface area is 181 Å². The highest BCUT2D eigenvalue weighted by Crippen LogP contribution is 2.41. The minimum atomic E-state index is -0.473. The van der Waals surface area contributed by atoms with Gasteiger partial charge < -0.3 is 9.80 Å². The maximum atomic E-state index is 14.8. The molecule has 0 radical (unpaired) electrons. The second-order valence-corrected chi connectivity index (χ2v) is 7.60. The topological polar surface area (TPSA) is 62.5 Å². The molecule has 4 aromatic rings. The molecule has 0 unspecified atom stereocenters. The van der Waals surface area contributed by atoms with Crippen molar-refractivity contribution in [1.82, 2.24) is 24.6 Å². The predicted molar refractivity (Wildman–Crippen MR) is 115 cm³/mol. The van der Waals surface area contributed by atoms with Crippen molar-refractivity contribution in [2.45, 2.75) is 0 Å². The van der Waals surface area contributed by atoms with Crippen molar-refractivity contribution in [3.05, 3.63) is 64.9 Å². The average molecular weight is 444 g/mol. The van der Waals surface area contributed by atoms with E-state index in [1.165, 1.54) is 12.4 Å². The fourth-order valence-electron chi connectivity index (χ4n) is 3.73. The van der Waals surface area contributed by atoms with Crippen LogP contribution in [0.1, 0.15) is 0 Å². The molecule has 1 fully saturated rings. The Morgan fingerprint density at radius 1 is 0.867 bits per heavy atom. The summed E-state index contributed by atoms with van der Waals surface area (Å²) in [7, 11) is 0. The van der Waals surface area contributed by atoms with Gasteiger partial charge >= 0.3 is 0 Å². The number of hydrogen-bond donors (Lipinski definition) is 0. The molecule has 152 valence electrons. The van der Waals surface area contributed by atoms with E-state index in [1.807, 2.05) is 18.2 Å². The van der Waals surface area contributed by atoms with Gasteiger partial charge in [0.1, 0.15) is 28.9 Å². The molecule has 30 heavy (non-hydrogen) atoms. The van der Waals surface area contributed by atoms with Gasteiger partial charge in [-0.15, -0.1) is 0 Å². The third kappa shape index (κ3) is 3.22. The lowest BCUT2D eigenvalue weighted by Gasteiger charge is -2.37. The van der Waals surface area contributed by atoms with Crippen LogP contribution in [0.25, 0.3) is 16.9 Å². The number of pyridine rings is 1. The van der Waals surface area contributed by atoms with Gasteiger partial charge in [-0.25, -0.2) is 9.37 Å². The molecule has 0 aliphatic carbocycles. The molecular weight excluding hydrogens is 428 g/mol. The first-order valence-electron chi connectivity index (χ1n) is 9.38. The van der Waals surface area contributed by atoms with Crippen LogP contribution >= 0.6 is 23.2 Å². The van der Waals surface area contributed by atoms with Gasteiger partial charge in [0, 0.05) is 37.9 Å². The summed E-state index contributed by atoms with van der Waals surface area (Å²) in [6.45, 7) is 2.78. The van der Waals surface area contributed by atoms with Gasteiger partial charge in [0.05, 0.1) is 10.6 Å². The number of rotatable bonds is 3. The molecule has 1 saturated heterocycles. The van der Waals surface area contributed by atoms with E-state index in [9.17, 15) is 4.39 Å². The molecule has 0 N–H and O–H groups in total. The van der Waals surface area contributed by atoms with Crippen LogP contribution in [0.2, 0.25) is 10.2 Å². The highest BCUT2D eigenvalue weighted by Gasteiger charge is 2.28. The average Bonchev–Trinajstić information content (AvgIpc) is 3.22. The van der Waals surface area contributed by atoms with Crippen LogP contribution in [0.3, 0.4) is 0 Å². The van der Waals surface area contributed by atoms with Crippen molar-refractivity contribution in [3.8, 4) is 11.1 Å². The standard InChI is InChI=1S/C20H16Cl2FN7/c21-13-4-3-5-14(23)16(13)17-18(22)27-20-25-12-26-30(20)19(17)29-10-8-28(9-11-29)15-6-1-2-7-24-15/h1-7,12H,8-11H2. The van der Waals surface area contributed by atoms with Crippen molar-refractivity contribution < 1.29 is 4.39 Å². The Kier molecular flexibility index (Phi) is 4.88. The van der Waals surface area contributed by atoms with E-state index in [0.29, 0.717) is 30.2 Å². The zero-order valence-electron chi connectivity index (χ0n) is 15.7. The number of benzene rings is 1. The summed E-state index contributed by atoms with van der Waals surface area (Å²) in [6, 6.07) is 10.4. The molecule has 0 spiro atoms. The van der Waals surface area contributed by atoms with Crippen LogP contribution in [-0.2, 0) is 0 Å². The Morgan fingerprint density at radius 2 is 1.67 bits per heavy atom. The van der Waals surface area contributed by atoms with E-state index >= 15 is 0 Å². The Balaban J connectivity index is 1.60. The maximum absolute atomic E-state index is 14.8. The van der Waals surface area contributed by atoms with Gasteiger partial charge in [-0.3, -0.25) is 0 Å². The van der Waals surface area contributed by atoms with E-state index < -0.39 is 5.82 Å². The van der Waals surface area contributed by atoms with E-state index in [0.717, 1.165) is 18.9 Å². The minimum absolute atomic E-state index is 0.129. The van der Waals surface area contributed by atoms with Crippen molar-refractivity contribution in [1.29, 1.82) is 0 Å². The highest BCUT2D eigenvalue weighted by molar-refractivity contribution is 6.36. The smallest absolute Gasteiger partial charge is 0.255 e. The van der Waals surface area contributed by atoms with Crippen molar-refractivity contribution in [2.75, 3.05) is 36.0 Å². The number of aromatic nitrogens is 5. The number of piperazine rings is 1. The van der Waals surface area contributed by atoms with Gasteiger partial charge in [-0.05, 0) is 24.3 Å². The van der Waals surface area contributed by atoms with Crippen LogP contribution in [0.4, 0.5) is 16.0 Å². The SMILES string of the molecule is Fc1cccc(Cl)c1-c1c(Cl)nc2ncnn2c1N1CCN(c2ccccn2)CC1. The first kappa shape index (κ1) is 19.0. The Hall–Kier alpha value is -2.97. The monoisotopic (exact) mass is 443 g/mol. The number of fused-ring (bicyclic) bond motifs is 1. The molecule has 4 heterocycles. The highest BCUT2D eigenvalue weighted by atomic mass is 35.5. The quantitative estimate of drug-likeness (QED) is 0.446. The van der Waals surface area contributed by atoms with E-state index in [4.69, 9.17) is 23.2 Å². The number of hydrogen-bond acceptors (Lipinski definition) is 6. The second kappa shape index (κ2) is 7.70. The zero-order valence-corrected chi connectivity index (χ0v) is 17.2. The van der Waals surface area contributed by atoms with Crippen LogP contribution in [-0.4, -0.2) is 50.7 Å². The molecule has 0 amide bonds. The summed E-state index contributed by atoms with van der Waals surface area (Å²) < 4.78 is 16.4. The summed E-state index contributed by atoms with van der Waals surface area (Å²) in [5.74, 6) is 1.42. The Morgan fingerprint density at radius 3 is 2.40 bits per heavy atom. The van der Waals surface area contributed by atoms with Gasteiger partial charge in [0.25, 0.3) is 5.78 Å². The lowest BCUT2D eigenvalue weighted by Crippen LogP contribution is -2.47. The lowest BCUT2D eigenvalue weighted by atomic mass is 10.1. The number of anilines is 2. The first-order chi connectivity index (χ1) is 14.6. The molecule has 5 rings (SSSR count). The fraction of sp³-hybridized carbons (Fsp3) is 0.200. The molecule has 0 bridgehead atoms. The molecule has 0 atom stereocenters. The molecule has 7 nitrogen and oxygen atoms in total. The van der Waals surface area contributed by atoms with Gasteiger partial charge in [0.15, 0.2) is 0 Å². The summed E-state index contributed by atoms with van der Waals surface area (Å²) in [4.78, 5) is 17.2. The summed E-state index contributed by atoms with van der Waals surface area (Å²) in [5.41, 5.74) is 0.611. The van der Waals surface area contributed by atoms with Gasteiger partial charge in [-0.2, -0.15) is 19.6 Å². The van der Waals surface area contributed by atoms with Crippen LogP contribution in [0, 0.1) is 5.82 Å². The molecule has 1 aliphatic heterocycles. The largest absolute Gasteiger partial charge is 0.353 e. The zero-order chi connectivity index (χ0) is 20.7. The van der Waals surface area contributed by atoms with Crippen LogP contribution in [0.15, 0.2) is 48.9 Å². The Bertz CT molecular complexity index is 1190. The number of nitrogens with zero attached hydrogens (tertiary/aromatic N) is 7. The predicted octanol–water partition coefficient (Wildman–Crippen LogP) is 3.96. The first-order valence-corrected chi connectivity index (χ1v) is 10.1. The molecule has 1 aliphatic rings. The van der Waals surface area contributed by atoms with Gasteiger partial charge in [0.2, 0.25) is 0 Å². The third-order valence-corrected chi connectivity index (χ3v) is 5.71. The van der Waals surface area contributed by atoms with Crippen molar-refractivity contribution in [2.24, 2.45) is 0 Å². The second-order valence-electron chi connectivity index (χ2n) is 6.83. The molecule has 0 saturated carbocycles. The third-order valence-electron chi connectivity index (χ3n) is 5.12. The van der Waals surface area contributed by atoms with E-state index in [-0.39, 0.29) is 15.7 Å². The van der Waals surface area contributed by atoms with Crippen molar-refractivity contribution >= 4 is 40.6 Å². The van der Waals surface area contributed by atoms with Gasteiger partial charge in [-0.1, -0.05) is 35.3 Å². The molecule has 1 aromatic carbocycles.